The van der Waals surface area contributed by atoms with E-state index in [1.54, 1.807) is 36.1 Å². The van der Waals surface area contributed by atoms with Crippen molar-refractivity contribution in [1.29, 1.82) is 0 Å². The Morgan fingerprint density at radius 3 is 2.84 bits per heavy atom. The molecule has 2 heterocycles. The van der Waals surface area contributed by atoms with Gasteiger partial charge in [0.05, 0.1) is 11.1 Å². The number of hydrogen-bond donors (Lipinski definition) is 2. The molecule has 2 N–H and O–H groups in total. The Morgan fingerprint density at radius 2 is 2.21 bits per heavy atom. The van der Waals surface area contributed by atoms with Crippen LogP contribution in [-0.2, 0) is 11.8 Å². The zero-order chi connectivity index (χ0) is 13.8. The number of nitrogens with one attached hydrogen (secondary N) is 1. The number of carboxylic acid groups (broad SMARTS) is 1. The van der Waals surface area contributed by atoms with E-state index in [1.807, 2.05) is 0 Å². The number of carbonyl (C=O) groups excluding carboxylic acids is 1. The quantitative estimate of drug-likeness (QED) is 0.835. The van der Waals surface area contributed by atoms with Crippen molar-refractivity contribution in [3.63, 3.8) is 0 Å². The zero-order valence-corrected chi connectivity index (χ0v) is 10.8. The number of thiophene rings is 1. The highest BCUT2D eigenvalue weighted by Gasteiger charge is 2.10. The molecule has 0 aliphatic carbocycles. The van der Waals surface area contributed by atoms with E-state index >= 15 is 0 Å². The normalized spacial score (nSPS) is 10.8. The SMILES string of the molecule is Cn1nccc1NC(=O)c1ccc(C=CC(=O)O)s1. The third-order valence-electron chi connectivity index (χ3n) is 2.30. The molecule has 7 heteroatoms. The Balaban J connectivity index is 2.08. The molecule has 0 spiro atoms. The second-order valence-corrected chi connectivity index (χ2v) is 4.78. The van der Waals surface area contributed by atoms with E-state index in [9.17, 15) is 9.59 Å². The van der Waals surface area contributed by atoms with Gasteiger partial charge in [-0.1, -0.05) is 0 Å². The maximum atomic E-state index is 11.9. The van der Waals surface area contributed by atoms with Crippen molar-refractivity contribution in [3.05, 3.63) is 40.2 Å². The van der Waals surface area contributed by atoms with Crippen molar-refractivity contribution in [2.45, 2.75) is 0 Å². The molecule has 0 bridgehead atoms. The molecule has 0 saturated heterocycles. The second kappa shape index (κ2) is 5.49. The molecule has 6 nitrogen and oxygen atoms in total. The maximum Gasteiger partial charge on any atom is 0.328 e. The van der Waals surface area contributed by atoms with Crippen LogP contribution in [0.3, 0.4) is 0 Å². The first kappa shape index (κ1) is 13.0. The summed E-state index contributed by atoms with van der Waals surface area (Å²) in [5, 5.41) is 15.2. The van der Waals surface area contributed by atoms with Crippen LogP contribution < -0.4 is 5.32 Å². The van der Waals surface area contributed by atoms with Crippen LogP contribution in [0.1, 0.15) is 14.5 Å². The third-order valence-corrected chi connectivity index (χ3v) is 3.35. The van der Waals surface area contributed by atoms with E-state index in [4.69, 9.17) is 5.11 Å². The molecule has 0 atom stereocenters. The number of hydrogen-bond acceptors (Lipinski definition) is 4. The second-order valence-electron chi connectivity index (χ2n) is 3.67. The van der Waals surface area contributed by atoms with E-state index in [-0.39, 0.29) is 5.91 Å². The highest BCUT2D eigenvalue weighted by atomic mass is 32.1. The van der Waals surface area contributed by atoms with Gasteiger partial charge in [0, 0.05) is 24.1 Å². The van der Waals surface area contributed by atoms with Crippen molar-refractivity contribution >= 4 is 35.1 Å². The maximum absolute atomic E-state index is 11.9. The van der Waals surface area contributed by atoms with Gasteiger partial charge in [-0.05, 0) is 18.2 Å². The first-order chi connectivity index (χ1) is 9.06. The van der Waals surface area contributed by atoms with Crippen LogP contribution >= 0.6 is 11.3 Å². The lowest BCUT2D eigenvalue weighted by atomic mass is 10.4. The molecule has 1 amide bonds. The van der Waals surface area contributed by atoms with E-state index in [0.29, 0.717) is 15.6 Å². The molecule has 0 aliphatic rings. The van der Waals surface area contributed by atoms with Crippen molar-refractivity contribution < 1.29 is 14.7 Å². The van der Waals surface area contributed by atoms with Gasteiger partial charge in [0.2, 0.25) is 0 Å². The van der Waals surface area contributed by atoms with E-state index in [0.717, 1.165) is 6.08 Å². The molecule has 0 aromatic carbocycles. The Morgan fingerprint density at radius 1 is 1.42 bits per heavy atom. The average Bonchev–Trinajstić information content (AvgIpc) is 2.97. The molecule has 0 aliphatic heterocycles. The van der Waals surface area contributed by atoms with Crippen molar-refractivity contribution in [1.82, 2.24) is 9.78 Å². The minimum atomic E-state index is -1.02. The molecule has 98 valence electrons. The van der Waals surface area contributed by atoms with Crippen LogP contribution in [0.5, 0.6) is 0 Å². The van der Waals surface area contributed by atoms with E-state index < -0.39 is 5.97 Å². The molecule has 0 unspecified atom stereocenters. The van der Waals surface area contributed by atoms with Crippen molar-refractivity contribution in [3.8, 4) is 0 Å². The van der Waals surface area contributed by atoms with Gasteiger partial charge in [-0.15, -0.1) is 11.3 Å². The molecular formula is C12H11N3O3S. The van der Waals surface area contributed by atoms with Gasteiger partial charge in [-0.25, -0.2) is 4.79 Å². The number of carbonyl (C=O) groups is 2. The lowest BCUT2D eigenvalue weighted by Gasteiger charge is -2.02. The summed E-state index contributed by atoms with van der Waals surface area (Å²) in [7, 11) is 1.73. The van der Waals surface area contributed by atoms with E-state index in [2.05, 4.69) is 10.4 Å². The van der Waals surface area contributed by atoms with Crippen LogP contribution in [0, 0.1) is 0 Å². The first-order valence-electron chi connectivity index (χ1n) is 5.36. The number of nitrogens with zero attached hydrogens (tertiary/aromatic N) is 2. The molecule has 0 radical (unpaired) electrons. The number of amides is 1. The van der Waals surface area contributed by atoms with Crippen molar-refractivity contribution in [2.75, 3.05) is 5.32 Å². The molecular weight excluding hydrogens is 266 g/mol. The topological polar surface area (TPSA) is 84.2 Å². The van der Waals surface area contributed by atoms with Crippen LogP contribution in [0.2, 0.25) is 0 Å². The molecule has 19 heavy (non-hydrogen) atoms. The van der Waals surface area contributed by atoms with Crippen LogP contribution in [0.25, 0.3) is 6.08 Å². The van der Waals surface area contributed by atoms with Crippen LogP contribution in [-0.4, -0.2) is 26.8 Å². The van der Waals surface area contributed by atoms with Gasteiger partial charge < -0.3 is 10.4 Å². The zero-order valence-electron chi connectivity index (χ0n) is 10.0. The molecule has 2 rings (SSSR count). The van der Waals surface area contributed by atoms with Gasteiger partial charge >= 0.3 is 5.97 Å². The largest absolute Gasteiger partial charge is 0.478 e. The summed E-state index contributed by atoms with van der Waals surface area (Å²) in [6, 6.07) is 5.04. The fourth-order valence-corrected chi connectivity index (χ4v) is 2.20. The van der Waals surface area contributed by atoms with Gasteiger partial charge in [0.15, 0.2) is 0 Å². The summed E-state index contributed by atoms with van der Waals surface area (Å²) < 4.78 is 1.55. The van der Waals surface area contributed by atoms with E-state index in [1.165, 1.54) is 17.4 Å². The predicted octanol–water partition coefficient (Wildman–Crippen LogP) is 1.83. The summed E-state index contributed by atoms with van der Waals surface area (Å²) in [4.78, 5) is 23.5. The number of rotatable bonds is 4. The van der Waals surface area contributed by atoms with Crippen LogP contribution in [0.15, 0.2) is 30.5 Å². The number of aliphatic carboxylic acids is 1. The number of anilines is 1. The van der Waals surface area contributed by atoms with Crippen LogP contribution in [0.4, 0.5) is 5.82 Å². The van der Waals surface area contributed by atoms with Gasteiger partial charge in [0.1, 0.15) is 5.82 Å². The fourth-order valence-electron chi connectivity index (χ4n) is 1.39. The van der Waals surface area contributed by atoms with Gasteiger partial charge in [-0.2, -0.15) is 5.10 Å². The summed E-state index contributed by atoms with van der Waals surface area (Å²) in [5.74, 6) is -0.668. The molecule has 2 aromatic rings. The molecule has 0 fully saturated rings. The van der Waals surface area contributed by atoms with Gasteiger partial charge in [0.25, 0.3) is 5.91 Å². The third kappa shape index (κ3) is 3.29. The highest BCUT2D eigenvalue weighted by molar-refractivity contribution is 7.15. The number of aryl methyl sites for hydroxylation is 1. The Bertz CT molecular complexity index is 642. The average molecular weight is 277 g/mol. The number of aromatic nitrogens is 2. The van der Waals surface area contributed by atoms with Crippen molar-refractivity contribution in [2.24, 2.45) is 7.05 Å². The molecule has 2 aromatic heterocycles. The first-order valence-corrected chi connectivity index (χ1v) is 6.18. The Hall–Kier alpha value is -2.41. The Kier molecular flexibility index (Phi) is 3.76. The smallest absolute Gasteiger partial charge is 0.328 e. The monoisotopic (exact) mass is 277 g/mol. The number of carboxylic acids is 1. The standard InChI is InChI=1S/C12H11N3O3S/c1-15-10(6-7-13-15)14-12(18)9-4-2-8(19-9)3-5-11(16)17/h2-7H,1H3,(H,14,18)(H,16,17). The minimum Gasteiger partial charge on any atom is -0.478 e. The lowest BCUT2D eigenvalue weighted by molar-refractivity contribution is -0.131. The minimum absolute atomic E-state index is 0.247. The lowest BCUT2D eigenvalue weighted by Crippen LogP contribution is -2.13. The summed E-state index contributed by atoms with van der Waals surface area (Å²) in [6.07, 6.45) is 4.08. The summed E-state index contributed by atoms with van der Waals surface area (Å²) in [5.41, 5.74) is 0. The predicted molar refractivity (Wildman–Crippen MR) is 72.2 cm³/mol. The molecule has 0 saturated carbocycles. The highest BCUT2D eigenvalue weighted by Crippen LogP contribution is 2.19. The Labute approximate surface area is 113 Å². The fraction of sp³-hybridized carbons (Fsp3) is 0.0833. The summed E-state index contributed by atoms with van der Waals surface area (Å²) >= 11 is 1.22. The van der Waals surface area contributed by atoms with Gasteiger partial charge in [-0.3, -0.25) is 9.48 Å². The summed E-state index contributed by atoms with van der Waals surface area (Å²) in [6.45, 7) is 0.